The van der Waals surface area contributed by atoms with Gasteiger partial charge in [-0.1, -0.05) is 17.7 Å². The number of aromatic nitrogens is 3. The summed E-state index contributed by atoms with van der Waals surface area (Å²) in [4.78, 5) is 8.39. The lowest BCUT2D eigenvalue weighted by molar-refractivity contribution is 0.440. The van der Waals surface area contributed by atoms with Gasteiger partial charge in [0.1, 0.15) is 6.33 Å². The highest BCUT2D eigenvalue weighted by Crippen LogP contribution is 2.28. The third-order valence-corrected chi connectivity index (χ3v) is 3.01. The molecule has 98 valence electrons. The van der Waals surface area contributed by atoms with E-state index >= 15 is 0 Å². The minimum Gasteiger partial charge on any atom is -0.493 e. The summed E-state index contributed by atoms with van der Waals surface area (Å²) in [6.45, 7) is 3.89. The highest BCUT2D eigenvalue weighted by Gasteiger charge is 2.14. The summed E-state index contributed by atoms with van der Waals surface area (Å²) in [7, 11) is 0. The average Bonchev–Trinajstić information content (AvgIpc) is 2.81. The second kappa shape index (κ2) is 4.71. The Morgan fingerprint density at radius 2 is 1.90 bits per heavy atom. The van der Waals surface area contributed by atoms with E-state index in [0.29, 0.717) is 11.4 Å². The van der Waals surface area contributed by atoms with Crippen LogP contribution < -0.4 is 0 Å². The molecule has 1 aromatic rings. The van der Waals surface area contributed by atoms with Crippen molar-refractivity contribution in [2.24, 2.45) is 0 Å². The van der Waals surface area contributed by atoms with Gasteiger partial charge in [0.05, 0.1) is 5.56 Å². The van der Waals surface area contributed by atoms with Crippen LogP contribution >= 0.6 is 0 Å². The molecule has 0 saturated carbocycles. The van der Waals surface area contributed by atoms with Gasteiger partial charge in [0, 0.05) is 17.3 Å². The smallest absolute Gasteiger partial charge is 0.215 e. The number of hydrogen-bond acceptors (Lipinski definition) is 3. The highest BCUT2D eigenvalue weighted by atomic mass is 16.3. The zero-order valence-electron chi connectivity index (χ0n) is 11.3. The molecule has 2 aliphatic heterocycles. The zero-order valence-corrected chi connectivity index (χ0v) is 11.3. The lowest BCUT2D eigenvalue weighted by Gasteiger charge is -2.04. The molecule has 0 bridgehead atoms. The molecule has 4 nitrogen and oxygen atoms in total. The third-order valence-electron chi connectivity index (χ3n) is 3.01. The van der Waals surface area contributed by atoms with Gasteiger partial charge < -0.3 is 5.11 Å². The normalized spacial score (nSPS) is 10.3. The van der Waals surface area contributed by atoms with Crippen molar-refractivity contribution in [3.8, 4) is 29.2 Å². The van der Waals surface area contributed by atoms with Gasteiger partial charge in [-0.3, -0.25) is 0 Å². The van der Waals surface area contributed by atoms with Crippen molar-refractivity contribution < 1.29 is 5.11 Å². The van der Waals surface area contributed by atoms with Crippen molar-refractivity contribution in [1.29, 1.82) is 0 Å². The number of fused-ring (bicyclic) bond motifs is 1. The van der Waals surface area contributed by atoms with E-state index in [1.54, 1.807) is 6.07 Å². The van der Waals surface area contributed by atoms with E-state index in [0.717, 1.165) is 11.3 Å². The second-order valence-electron chi connectivity index (χ2n) is 4.68. The maximum Gasteiger partial charge on any atom is 0.215 e. The van der Waals surface area contributed by atoms with E-state index in [-0.39, 0.29) is 5.88 Å². The van der Waals surface area contributed by atoms with Crippen LogP contribution in [0.4, 0.5) is 0 Å². The van der Waals surface area contributed by atoms with E-state index in [2.05, 4.69) is 21.9 Å². The number of hydrogen-bond donors (Lipinski definition) is 1. The fraction of sp³-hybridized carbons (Fsp3) is 0.125. The van der Waals surface area contributed by atoms with E-state index < -0.39 is 0 Å². The van der Waals surface area contributed by atoms with Gasteiger partial charge in [-0.25, -0.2) is 14.5 Å². The van der Waals surface area contributed by atoms with E-state index in [1.807, 2.05) is 38.1 Å². The molecular formula is C16H13N3O. The maximum absolute atomic E-state index is 10.2. The van der Waals surface area contributed by atoms with Crippen molar-refractivity contribution in [3.63, 3.8) is 0 Å². The van der Waals surface area contributed by atoms with Gasteiger partial charge in [0.25, 0.3) is 0 Å². The van der Waals surface area contributed by atoms with Gasteiger partial charge in [-0.2, -0.15) is 0 Å². The van der Waals surface area contributed by atoms with Crippen LogP contribution in [-0.4, -0.2) is 19.6 Å². The monoisotopic (exact) mass is 263 g/mol. The predicted octanol–water partition coefficient (Wildman–Crippen LogP) is 2.56. The SMILES string of the molecule is Cc1ccc(C#Cn2cnc3nc(C)cc-3c2O)cc1. The molecule has 0 saturated heterocycles. The topological polar surface area (TPSA) is 50.9 Å². The first-order chi connectivity index (χ1) is 9.63. The minimum absolute atomic E-state index is 0.0650. The highest BCUT2D eigenvalue weighted by molar-refractivity contribution is 5.64. The number of nitrogens with zero attached hydrogens (tertiary/aromatic N) is 3. The molecule has 0 amide bonds. The minimum atomic E-state index is 0.0650. The first kappa shape index (κ1) is 12.2. The van der Waals surface area contributed by atoms with E-state index in [9.17, 15) is 5.11 Å². The summed E-state index contributed by atoms with van der Waals surface area (Å²) in [5.74, 6) is 3.59. The van der Waals surface area contributed by atoms with Crippen molar-refractivity contribution in [2.45, 2.75) is 13.8 Å². The zero-order chi connectivity index (χ0) is 14.1. The molecule has 3 rings (SSSR count). The lowest BCUT2D eigenvalue weighted by atomic mass is 10.2. The summed E-state index contributed by atoms with van der Waals surface area (Å²) >= 11 is 0. The molecular weight excluding hydrogens is 250 g/mol. The van der Waals surface area contributed by atoms with Crippen LogP contribution in [0.15, 0.2) is 36.7 Å². The molecule has 4 heteroatoms. The maximum atomic E-state index is 10.2. The Morgan fingerprint density at radius 3 is 2.65 bits per heavy atom. The van der Waals surface area contributed by atoms with Crippen molar-refractivity contribution >= 4 is 0 Å². The third kappa shape index (κ3) is 2.21. The number of aromatic hydroxyl groups is 1. The average molecular weight is 263 g/mol. The molecule has 0 fully saturated rings. The fourth-order valence-corrected chi connectivity index (χ4v) is 1.94. The summed E-state index contributed by atoms with van der Waals surface area (Å²) in [5, 5.41) is 10.2. The summed E-state index contributed by atoms with van der Waals surface area (Å²) in [5.41, 5.74) is 3.52. The van der Waals surface area contributed by atoms with Gasteiger partial charge >= 0.3 is 0 Å². The molecule has 1 aromatic carbocycles. The van der Waals surface area contributed by atoms with Crippen LogP contribution in [0.1, 0.15) is 16.8 Å². The van der Waals surface area contributed by atoms with Crippen molar-refractivity contribution in [3.05, 3.63) is 53.5 Å². The second-order valence-corrected chi connectivity index (χ2v) is 4.68. The number of benzene rings is 1. The molecule has 0 unspecified atom stereocenters. The Morgan fingerprint density at radius 1 is 1.15 bits per heavy atom. The van der Waals surface area contributed by atoms with Crippen LogP contribution in [0.3, 0.4) is 0 Å². The molecule has 2 aliphatic rings. The molecule has 0 aromatic heterocycles. The Bertz CT molecular complexity index is 791. The first-order valence-electron chi connectivity index (χ1n) is 6.26. The van der Waals surface area contributed by atoms with E-state index in [4.69, 9.17) is 0 Å². The van der Waals surface area contributed by atoms with Crippen LogP contribution in [0.25, 0.3) is 11.4 Å². The molecule has 20 heavy (non-hydrogen) atoms. The van der Waals surface area contributed by atoms with Crippen LogP contribution in [-0.2, 0) is 0 Å². The summed E-state index contributed by atoms with van der Waals surface area (Å²) in [6, 6.07) is 12.6. The predicted molar refractivity (Wildman–Crippen MR) is 76.5 cm³/mol. The van der Waals surface area contributed by atoms with Gasteiger partial charge in [-0.05, 0) is 38.0 Å². The fourth-order valence-electron chi connectivity index (χ4n) is 1.94. The van der Waals surface area contributed by atoms with E-state index in [1.165, 1.54) is 16.5 Å². The van der Waals surface area contributed by atoms with Gasteiger partial charge in [-0.15, -0.1) is 0 Å². The lowest BCUT2D eigenvalue weighted by Crippen LogP contribution is -1.97. The quantitative estimate of drug-likeness (QED) is 0.634. The van der Waals surface area contributed by atoms with Crippen molar-refractivity contribution in [2.75, 3.05) is 0 Å². The Balaban J connectivity index is 2.02. The molecule has 0 aliphatic carbocycles. The van der Waals surface area contributed by atoms with Crippen molar-refractivity contribution in [1.82, 2.24) is 14.5 Å². The Hall–Kier alpha value is -2.80. The number of rotatable bonds is 0. The van der Waals surface area contributed by atoms with Crippen LogP contribution in [0, 0.1) is 25.8 Å². The number of aryl methyl sites for hydroxylation is 2. The summed E-state index contributed by atoms with van der Waals surface area (Å²) < 4.78 is 1.41. The molecule has 2 heterocycles. The Kier molecular flexibility index (Phi) is 2.88. The standard InChI is InChI=1S/C16H13N3O/c1-11-3-5-13(6-4-11)7-8-19-10-17-15-14(16(19)20)9-12(2)18-15/h3-6,9-10,20H,1-2H3. The molecule has 1 N–H and O–H groups in total. The van der Waals surface area contributed by atoms with Gasteiger partial charge in [0.15, 0.2) is 5.82 Å². The first-order valence-corrected chi connectivity index (χ1v) is 6.26. The molecule has 0 spiro atoms. The van der Waals surface area contributed by atoms with Gasteiger partial charge in [0.2, 0.25) is 5.88 Å². The van der Waals surface area contributed by atoms with Crippen LogP contribution in [0.2, 0.25) is 0 Å². The molecule has 0 radical (unpaired) electrons. The Labute approximate surface area is 117 Å². The largest absolute Gasteiger partial charge is 0.493 e. The molecule has 0 atom stereocenters. The summed E-state index contributed by atoms with van der Waals surface area (Å²) in [6.07, 6.45) is 1.48. The van der Waals surface area contributed by atoms with Crippen LogP contribution in [0.5, 0.6) is 5.88 Å².